The molecule has 8 heteroatoms. The molecule has 2 saturated heterocycles. The zero-order valence-electron chi connectivity index (χ0n) is 14.7. The van der Waals surface area contributed by atoms with Crippen LogP contribution < -0.4 is 0 Å². The number of likely N-dealkylation sites (tertiary alicyclic amines) is 1. The molecule has 0 atom stereocenters. The van der Waals surface area contributed by atoms with E-state index >= 15 is 0 Å². The normalized spacial score (nSPS) is 19.8. The molecule has 0 N–H and O–H groups in total. The second-order valence-electron chi connectivity index (χ2n) is 6.93. The Hall–Kier alpha value is -2.74. The third kappa shape index (κ3) is 3.08. The number of piperidine rings is 1. The van der Waals surface area contributed by atoms with Gasteiger partial charge in [-0.15, -0.1) is 10.2 Å². The van der Waals surface area contributed by atoms with Crippen molar-refractivity contribution in [1.82, 2.24) is 24.6 Å². The van der Waals surface area contributed by atoms with Crippen molar-refractivity contribution in [2.75, 3.05) is 33.3 Å². The number of carbonyl (C=O) groups is 2. The first-order chi connectivity index (χ1) is 12.6. The van der Waals surface area contributed by atoms with Crippen molar-refractivity contribution in [2.24, 2.45) is 0 Å². The SMILES string of the molecule is CN1CC2(CCN(C(=O)c3cccc(-n4cnnc4)c3)CC2)OCC1=O. The van der Waals surface area contributed by atoms with Crippen LogP contribution >= 0.6 is 0 Å². The molecule has 8 nitrogen and oxygen atoms in total. The fourth-order valence-electron chi connectivity index (χ4n) is 3.63. The highest BCUT2D eigenvalue weighted by atomic mass is 16.5. The van der Waals surface area contributed by atoms with Gasteiger partial charge in [-0.25, -0.2) is 0 Å². The molecular weight excluding hydrogens is 334 g/mol. The summed E-state index contributed by atoms with van der Waals surface area (Å²) >= 11 is 0. The van der Waals surface area contributed by atoms with Gasteiger partial charge in [0, 0.05) is 37.9 Å². The maximum atomic E-state index is 12.9. The second-order valence-corrected chi connectivity index (χ2v) is 6.93. The maximum absolute atomic E-state index is 12.9. The van der Waals surface area contributed by atoms with Crippen LogP contribution in [0.5, 0.6) is 0 Å². The van der Waals surface area contributed by atoms with Crippen LogP contribution in [0.4, 0.5) is 0 Å². The Morgan fingerprint density at radius 3 is 2.62 bits per heavy atom. The molecule has 1 spiro atoms. The Kier molecular flexibility index (Phi) is 4.20. The summed E-state index contributed by atoms with van der Waals surface area (Å²) in [5.41, 5.74) is 1.18. The van der Waals surface area contributed by atoms with E-state index in [1.165, 1.54) is 0 Å². The predicted molar refractivity (Wildman–Crippen MR) is 92.8 cm³/mol. The molecule has 26 heavy (non-hydrogen) atoms. The summed E-state index contributed by atoms with van der Waals surface area (Å²) in [5, 5.41) is 7.60. The molecule has 0 aliphatic carbocycles. The molecule has 2 amide bonds. The van der Waals surface area contributed by atoms with Gasteiger partial charge in [0.1, 0.15) is 19.3 Å². The molecule has 0 unspecified atom stereocenters. The van der Waals surface area contributed by atoms with Gasteiger partial charge in [0.15, 0.2) is 0 Å². The van der Waals surface area contributed by atoms with Gasteiger partial charge in [-0.05, 0) is 31.0 Å². The van der Waals surface area contributed by atoms with Crippen molar-refractivity contribution in [1.29, 1.82) is 0 Å². The van der Waals surface area contributed by atoms with Crippen molar-refractivity contribution in [2.45, 2.75) is 18.4 Å². The lowest BCUT2D eigenvalue weighted by molar-refractivity contribution is -0.167. The molecule has 136 valence electrons. The zero-order valence-corrected chi connectivity index (χ0v) is 14.7. The molecule has 4 rings (SSSR count). The number of rotatable bonds is 2. The number of carbonyl (C=O) groups excluding carboxylic acids is 2. The molecule has 0 radical (unpaired) electrons. The summed E-state index contributed by atoms with van der Waals surface area (Å²) in [6.07, 6.45) is 4.68. The number of aromatic nitrogens is 3. The highest BCUT2D eigenvalue weighted by Gasteiger charge is 2.42. The van der Waals surface area contributed by atoms with E-state index in [0.717, 1.165) is 18.5 Å². The number of nitrogens with zero attached hydrogens (tertiary/aromatic N) is 5. The van der Waals surface area contributed by atoms with Crippen molar-refractivity contribution >= 4 is 11.8 Å². The minimum atomic E-state index is -0.316. The van der Waals surface area contributed by atoms with E-state index in [4.69, 9.17) is 4.74 Å². The van der Waals surface area contributed by atoms with E-state index in [-0.39, 0.29) is 24.0 Å². The van der Waals surface area contributed by atoms with Crippen LogP contribution in [-0.2, 0) is 9.53 Å². The summed E-state index contributed by atoms with van der Waals surface area (Å²) in [5.74, 6) is 0.0231. The molecule has 2 aliphatic heterocycles. The van der Waals surface area contributed by atoms with Crippen LogP contribution in [0.1, 0.15) is 23.2 Å². The first-order valence-corrected chi connectivity index (χ1v) is 8.69. The Morgan fingerprint density at radius 2 is 1.92 bits per heavy atom. The number of amides is 2. The van der Waals surface area contributed by atoms with Crippen molar-refractivity contribution in [3.63, 3.8) is 0 Å². The number of hydrogen-bond donors (Lipinski definition) is 0. The zero-order chi connectivity index (χ0) is 18.1. The molecule has 1 aromatic carbocycles. The third-order valence-electron chi connectivity index (χ3n) is 5.22. The highest BCUT2D eigenvalue weighted by Crippen LogP contribution is 2.30. The number of morpholine rings is 1. The van der Waals surface area contributed by atoms with Gasteiger partial charge in [0.25, 0.3) is 5.91 Å². The number of benzene rings is 1. The van der Waals surface area contributed by atoms with E-state index in [1.54, 1.807) is 29.2 Å². The molecule has 2 aromatic rings. The first-order valence-electron chi connectivity index (χ1n) is 8.69. The van der Waals surface area contributed by atoms with Crippen LogP contribution in [0.25, 0.3) is 5.69 Å². The fraction of sp³-hybridized carbons (Fsp3) is 0.444. The second kappa shape index (κ2) is 6.53. The summed E-state index contributed by atoms with van der Waals surface area (Å²) in [6, 6.07) is 7.44. The monoisotopic (exact) mass is 355 g/mol. The van der Waals surface area contributed by atoms with Crippen LogP contribution in [-0.4, -0.2) is 75.3 Å². The van der Waals surface area contributed by atoms with E-state index in [0.29, 0.717) is 25.2 Å². The molecule has 0 bridgehead atoms. The molecular formula is C18H21N5O3. The topological polar surface area (TPSA) is 80.6 Å². The van der Waals surface area contributed by atoms with E-state index in [1.807, 2.05) is 29.2 Å². The van der Waals surface area contributed by atoms with Gasteiger partial charge in [-0.1, -0.05) is 6.07 Å². The lowest BCUT2D eigenvalue weighted by Crippen LogP contribution is -2.58. The van der Waals surface area contributed by atoms with Gasteiger partial charge in [0.2, 0.25) is 5.91 Å². The lowest BCUT2D eigenvalue weighted by atomic mass is 9.89. The highest BCUT2D eigenvalue weighted by molar-refractivity contribution is 5.94. The Morgan fingerprint density at radius 1 is 1.19 bits per heavy atom. The molecule has 1 aromatic heterocycles. The summed E-state index contributed by atoms with van der Waals surface area (Å²) in [7, 11) is 1.81. The number of ether oxygens (including phenoxy) is 1. The van der Waals surface area contributed by atoms with Gasteiger partial charge >= 0.3 is 0 Å². The van der Waals surface area contributed by atoms with Gasteiger partial charge in [-0.2, -0.15) is 0 Å². The average molecular weight is 355 g/mol. The standard InChI is InChI=1S/C18H21N5O3/c1-21-11-18(26-10-16(21)24)5-7-22(8-6-18)17(25)14-3-2-4-15(9-14)23-12-19-20-13-23/h2-4,9,12-13H,5-8,10-11H2,1H3. The largest absolute Gasteiger partial charge is 0.363 e. The summed E-state index contributed by atoms with van der Waals surface area (Å²) in [4.78, 5) is 28.1. The van der Waals surface area contributed by atoms with Crippen molar-refractivity contribution in [3.05, 3.63) is 42.5 Å². The van der Waals surface area contributed by atoms with Crippen LogP contribution in [0.15, 0.2) is 36.9 Å². The lowest BCUT2D eigenvalue weighted by Gasteiger charge is -2.46. The number of likely N-dealkylation sites (N-methyl/N-ethyl adjacent to an activating group) is 1. The van der Waals surface area contributed by atoms with E-state index in [2.05, 4.69) is 10.2 Å². The molecule has 0 saturated carbocycles. The van der Waals surface area contributed by atoms with E-state index in [9.17, 15) is 9.59 Å². The van der Waals surface area contributed by atoms with Gasteiger partial charge in [0.05, 0.1) is 5.60 Å². The fourth-order valence-corrected chi connectivity index (χ4v) is 3.63. The maximum Gasteiger partial charge on any atom is 0.253 e. The van der Waals surface area contributed by atoms with Crippen molar-refractivity contribution in [3.8, 4) is 5.69 Å². The van der Waals surface area contributed by atoms with Gasteiger partial charge < -0.3 is 14.5 Å². The minimum absolute atomic E-state index is 0.00927. The first kappa shape index (κ1) is 16.7. The predicted octanol–water partition coefficient (Wildman–Crippen LogP) is 0.731. The smallest absolute Gasteiger partial charge is 0.253 e. The Bertz CT molecular complexity index is 812. The third-order valence-corrected chi connectivity index (χ3v) is 5.22. The molecule has 2 aliphatic rings. The van der Waals surface area contributed by atoms with E-state index < -0.39 is 0 Å². The molecule has 2 fully saturated rings. The molecule has 3 heterocycles. The average Bonchev–Trinajstić information content (AvgIpc) is 3.20. The minimum Gasteiger partial charge on any atom is -0.363 e. The number of hydrogen-bond acceptors (Lipinski definition) is 5. The summed E-state index contributed by atoms with van der Waals surface area (Å²) < 4.78 is 7.61. The summed E-state index contributed by atoms with van der Waals surface area (Å²) in [6.45, 7) is 1.97. The Balaban J connectivity index is 1.44. The Labute approximate surface area is 151 Å². The van der Waals surface area contributed by atoms with Crippen LogP contribution in [0.3, 0.4) is 0 Å². The quantitative estimate of drug-likeness (QED) is 0.793. The van der Waals surface area contributed by atoms with Gasteiger partial charge in [-0.3, -0.25) is 14.2 Å². The van der Waals surface area contributed by atoms with Crippen LogP contribution in [0.2, 0.25) is 0 Å². The van der Waals surface area contributed by atoms with Crippen LogP contribution in [0, 0.1) is 0 Å². The van der Waals surface area contributed by atoms with Crippen molar-refractivity contribution < 1.29 is 14.3 Å².